The van der Waals surface area contributed by atoms with E-state index in [1.165, 1.54) is 31.0 Å². The molecule has 0 saturated carbocycles. The first-order valence-electron chi connectivity index (χ1n) is 8.67. The van der Waals surface area contributed by atoms with Gasteiger partial charge in [-0.2, -0.15) is 4.31 Å². The standard InChI is InChI=1S/C18H19F2N3O5S/c1-22-10-12(9-16(22)18(25)28-2)29(26,27)23-7-3-4-15(23)17(24)21-14-6-5-11(19)8-13(14)20/h5-6,8-10,15H,3-4,7H2,1-2H3,(H,21,24). The minimum Gasteiger partial charge on any atom is -0.464 e. The fourth-order valence-electron chi connectivity index (χ4n) is 3.21. The van der Waals surface area contributed by atoms with Gasteiger partial charge in [0.1, 0.15) is 28.3 Å². The van der Waals surface area contributed by atoms with Crippen molar-refractivity contribution in [3.63, 3.8) is 0 Å². The van der Waals surface area contributed by atoms with Gasteiger partial charge >= 0.3 is 5.97 Å². The average Bonchev–Trinajstić information content (AvgIpc) is 3.31. The molecule has 29 heavy (non-hydrogen) atoms. The molecule has 1 aromatic heterocycles. The first-order valence-corrected chi connectivity index (χ1v) is 10.1. The van der Waals surface area contributed by atoms with Crippen molar-refractivity contribution in [2.75, 3.05) is 19.0 Å². The Morgan fingerprint density at radius 2 is 1.97 bits per heavy atom. The third-order valence-corrected chi connectivity index (χ3v) is 6.55. The van der Waals surface area contributed by atoms with E-state index in [4.69, 9.17) is 0 Å². The fourth-order valence-corrected chi connectivity index (χ4v) is 4.94. The van der Waals surface area contributed by atoms with Gasteiger partial charge in [0, 0.05) is 25.9 Å². The molecule has 0 spiro atoms. The molecule has 1 atom stereocenters. The number of carbonyl (C=O) groups is 2. The summed E-state index contributed by atoms with van der Waals surface area (Å²) in [6.45, 7) is 0.0920. The van der Waals surface area contributed by atoms with Crippen LogP contribution in [0.15, 0.2) is 35.4 Å². The summed E-state index contributed by atoms with van der Waals surface area (Å²) in [5.74, 6) is -3.18. The quantitative estimate of drug-likeness (QED) is 0.735. The molecule has 0 radical (unpaired) electrons. The number of ether oxygens (including phenoxy) is 1. The summed E-state index contributed by atoms with van der Waals surface area (Å²) >= 11 is 0. The maximum absolute atomic E-state index is 13.8. The molecule has 1 aromatic carbocycles. The predicted octanol–water partition coefficient (Wildman–Crippen LogP) is 1.88. The SMILES string of the molecule is COC(=O)c1cc(S(=O)(=O)N2CCCC2C(=O)Nc2ccc(F)cc2F)cn1C. The van der Waals surface area contributed by atoms with E-state index >= 15 is 0 Å². The summed E-state index contributed by atoms with van der Waals surface area (Å²) in [6.07, 6.45) is 1.93. The molecule has 2 aromatic rings. The lowest BCUT2D eigenvalue weighted by atomic mass is 10.2. The summed E-state index contributed by atoms with van der Waals surface area (Å²) in [6, 6.07) is 2.79. The molecule has 0 aliphatic carbocycles. The second kappa shape index (κ2) is 7.91. The summed E-state index contributed by atoms with van der Waals surface area (Å²) in [7, 11) is -1.42. The van der Waals surface area contributed by atoms with E-state index in [1.54, 1.807) is 0 Å². The molecular formula is C18H19F2N3O5S. The average molecular weight is 427 g/mol. The highest BCUT2D eigenvalue weighted by Gasteiger charge is 2.40. The number of nitrogens with zero attached hydrogens (tertiary/aromatic N) is 2. The summed E-state index contributed by atoms with van der Waals surface area (Å²) < 4.78 is 59.9. The number of methoxy groups -OCH3 is 1. The number of sulfonamides is 1. The number of benzene rings is 1. The third-order valence-electron chi connectivity index (χ3n) is 4.68. The van der Waals surface area contributed by atoms with Crippen molar-refractivity contribution in [3.8, 4) is 0 Å². The van der Waals surface area contributed by atoms with Crippen LogP contribution in [0.25, 0.3) is 0 Å². The van der Waals surface area contributed by atoms with Gasteiger partial charge in [-0.1, -0.05) is 0 Å². The van der Waals surface area contributed by atoms with Gasteiger partial charge in [0.05, 0.1) is 12.8 Å². The van der Waals surface area contributed by atoms with E-state index in [0.29, 0.717) is 12.5 Å². The molecule has 1 amide bonds. The van der Waals surface area contributed by atoms with Crippen LogP contribution < -0.4 is 5.32 Å². The smallest absolute Gasteiger partial charge is 0.354 e. The topological polar surface area (TPSA) is 97.7 Å². The molecule has 3 rings (SSSR count). The first kappa shape index (κ1) is 20.9. The lowest BCUT2D eigenvalue weighted by molar-refractivity contribution is -0.119. The molecule has 156 valence electrons. The molecule has 1 fully saturated rings. The Morgan fingerprint density at radius 1 is 1.24 bits per heavy atom. The van der Waals surface area contributed by atoms with Gasteiger partial charge in [-0.05, 0) is 31.0 Å². The summed E-state index contributed by atoms with van der Waals surface area (Å²) in [4.78, 5) is 24.2. The van der Waals surface area contributed by atoms with Crippen molar-refractivity contribution in [3.05, 3.63) is 47.8 Å². The van der Waals surface area contributed by atoms with Gasteiger partial charge in [-0.25, -0.2) is 22.0 Å². The lowest BCUT2D eigenvalue weighted by Crippen LogP contribution is -2.43. The number of aryl methyl sites for hydroxylation is 1. The highest BCUT2D eigenvalue weighted by atomic mass is 32.2. The fraction of sp³-hybridized carbons (Fsp3) is 0.333. The molecule has 2 heterocycles. The Balaban J connectivity index is 1.85. The van der Waals surface area contributed by atoms with Crippen LogP contribution in [0, 0.1) is 11.6 Å². The zero-order valence-corrected chi connectivity index (χ0v) is 16.5. The van der Waals surface area contributed by atoms with Crippen LogP contribution in [0.2, 0.25) is 0 Å². The van der Waals surface area contributed by atoms with E-state index in [2.05, 4.69) is 10.1 Å². The monoisotopic (exact) mass is 427 g/mol. The first-order chi connectivity index (χ1) is 13.6. The minimum absolute atomic E-state index is 0.0413. The van der Waals surface area contributed by atoms with E-state index in [0.717, 1.165) is 16.4 Å². The highest BCUT2D eigenvalue weighted by Crippen LogP contribution is 2.28. The van der Waals surface area contributed by atoms with Crippen LogP contribution in [0.4, 0.5) is 14.5 Å². The number of aromatic nitrogens is 1. The zero-order chi connectivity index (χ0) is 21.3. The van der Waals surface area contributed by atoms with E-state index in [1.807, 2.05) is 0 Å². The van der Waals surface area contributed by atoms with Crippen molar-refractivity contribution in [1.82, 2.24) is 8.87 Å². The van der Waals surface area contributed by atoms with E-state index in [9.17, 15) is 26.8 Å². The van der Waals surface area contributed by atoms with Crippen molar-refractivity contribution >= 4 is 27.6 Å². The van der Waals surface area contributed by atoms with Crippen LogP contribution in [0.5, 0.6) is 0 Å². The molecule has 1 aliphatic rings. The van der Waals surface area contributed by atoms with Crippen LogP contribution in [-0.4, -0.2) is 48.9 Å². The predicted molar refractivity (Wildman–Crippen MR) is 98.7 cm³/mol. The summed E-state index contributed by atoms with van der Waals surface area (Å²) in [5.41, 5.74) is -0.201. The second-order valence-corrected chi connectivity index (χ2v) is 8.44. The van der Waals surface area contributed by atoms with Gasteiger partial charge in [-0.15, -0.1) is 0 Å². The van der Waals surface area contributed by atoms with Crippen molar-refractivity contribution < 1.29 is 31.5 Å². The highest BCUT2D eigenvalue weighted by molar-refractivity contribution is 7.89. The molecule has 1 saturated heterocycles. The zero-order valence-electron chi connectivity index (χ0n) is 15.7. The Kier molecular flexibility index (Phi) is 5.71. The van der Waals surface area contributed by atoms with Gasteiger partial charge < -0.3 is 14.6 Å². The van der Waals surface area contributed by atoms with E-state index < -0.39 is 39.6 Å². The number of rotatable bonds is 5. The Bertz CT molecular complexity index is 1070. The number of amides is 1. The van der Waals surface area contributed by atoms with Crippen LogP contribution in [0.3, 0.4) is 0 Å². The number of carbonyl (C=O) groups excluding carboxylic acids is 2. The maximum atomic E-state index is 13.8. The minimum atomic E-state index is -4.10. The molecule has 1 unspecified atom stereocenters. The van der Waals surface area contributed by atoms with Crippen LogP contribution in [-0.2, 0) is 26.6 Å². The van der Waals surface area contributed by atoms with Gasteiger partial charge in [0.2, 0.25) is 15.9 Å². The van der Waals surface area contributed by atoms with E-state index in [-0.39, 0.29) is 29.2 Å². The van der Waals surface area contributed by atoms with Crippen LogP contribution >= 0.6 is 0 Å². The maximum Gasteiger partial charge on any atom is 0.354 e. The molecule has 11 heteroatoms. The Labute approximate surface area is 166 Å². The number of anilines is 1. The number of nitrogens with one attached hydrogen (secondary N) is 1. The van der Waals surface area contributed by atoms with Crippen molar-refractivity contribution in [1.29, 1.82) is 0 Å². The number of hydrogen-bond donors (Lipinski definition) is 1. The van der Waals surface area contributed by atoms with Gasteiger partial charge in [-0.3, -0.25) is 4.79 Å². The number of halogens is 2. The van der Waals surface area contributed by atoms with Gasteiger partial charge in [0.25, 0.3) is 0 Å². The Hall–Kier alpha value is -2.79. The Morgan fingerprint density at radius 3 is 2.62 bits per heavy atom. The molecular weight excluding hydrogens is 408 g/mol. The van der Waals surface area contributed by atoms with Crippen molar-refractivity contribution in [2.24, 2.45) is 7.05 Å². The number of hydrogen-bond acceptors (Lipinski definition) is 5. The summed E-state index contributed by atoms with van der Waals surface area (Å²) in [5, 5.41) is 2.31. The largest absolute Gasteiger partial charge is 0.464 e. The molecule has 0 bridgehead atoms. The number of esters is 1. The van der Waals surface area contributed by atoms with Gasteiger partial charge in [0.15, 0.2) is 0 Å². The van der Waals surface area contributed by atoms with Crippen LogP contribution in [0.1, 0.15) is 23.3 Å². The lowest BCUT2D eigenvalue weighted by Gasteiger charge is -2.23. The second-order valence-electron chi connectivity index (χ2n) is 6.55. The molecule has 1 aliphatic heterocycles. The molecule has 1 N–H and O–H groups in total. The van der Waals surface area contributed by atoms with Crippen molar-refractivity contribution in [2.45, 2.75) is 23.8 Å². The third kappa shape index (κ3) is 4.01. The normalized spacial score (nSPS) is 17.3. The molecule has 8 nitrogen and oxygen atoms in total.